The standard InChI is InChI=1S/C16H30N4O.C2H6/c1-6-9-14(7-2)20(5)13-12-19(4)11-10-15(17)18-16(21)8-3;1-2/h6,9H,1,7-8,10-13H2,2-5H3,(H2,17,18,21);1-2H3/b14-9+;. The van der Waals surface area contributed by atoms with Crippen LogP contribution < -0.4 is 5.73 Å². The van der Waals surface area contributed by atoms with Crippen molar-refractivity contribution < 1.29 is 4.79 Å². The van der Waals surface area contributed by atoms with Gasteiger partial charge in [0.1, 0.15) is 5.84 Å². The van der Waals surface area contributed by atoms with Crippen LogP contribution in [0.15, 0.2) is 29.4 Å². The fourth-order valence-corrected chi connectivity index (χ4v) is 1.83. The van der Waals surface area contributed by atoms with Crippen LogP contribution in [0.2, 0.25) is 0 Å². The molecular formula is C18H36N4O. The molecule has 23 heavy (non-hydrogen) atoms. The van der Waals surface area contributed by atoms with Crippen LogP contribution in [-0.2, 0) is 4.79 Å². The van der Waals surface area contributed by atoms with Gasteiger partial charge in [-0.3, -0.25) is 4.79 Å². The number of hydrogen-bond acceptors (Lipinski definition) is 3. The highest BCUT2D eigenvalue weighted by Crippen LogP contribution is 2.06. The number of rotatable bonds is 10. The molecule has 0 aliphatic rings. The van der Waals surface area contributed by atoms with Crippen LogP contribution in [0.5, 0.6) is 0 Å². The van der Waals surface area contributed by atoms with Crippen molar-refractivity contribution in [2.45, 2.75) is 47.0 Å². The van der Waals surface area contributed by atoms with Crippen molar-refractivity contribution in [1.82, 2.24) is 9.80 Å². The number of allylic oxidation sites excluding steroid dienone is 3. The lowest BCUT2D eigenvalue weighted by molar-refractivity contribution is -0.117. The average Bonchev–Trinajstić information content (AvgIpc) is 2.57. The Bertz CT molecular complexity index is 388. The van der Waals surface area contributed by atoms with Crippen molar-refractivity contribution in [2.24, 2.45) is 10.7 Å². The first-order chi connectivity index (χ1) is 10.9. The minimum absolute atomic E-state index is 0.156. The molecule has 134 valence electrons. The van der Waals surface area contributed by atoms with Crippen LogP contribution in [0.25, 0.3) is 0 Å². The Morgan fingerprint density at radius 3 is 2.22 bits per heavy atom. The second kappa shape index (κ2) is 15.3. The normalized spacial score (nSPS) is 11.8. The second-order valence-corrected chi connectivity index (χ2v) is 5.07. The van der Waals surface area contributed by atoms with E-state index in [0.29, 0.717) is 18.7 Å². The summed E-state index contributed by atoms with van der Waals surface area (Å²) >= 11 is 0. The molecule has 0 aliphatic heterocycles. The molecule has 0 aromatic carbocycles. The Labute approximate surface area is 142 Å². The minimum Gasteiger partial charge on any atom is -0.387 e. The number of aliphatic imine (C=N–C) groups is 1. The molecule has 0 rings (SSSR count). The molecule has 0 saturated heterocycles. The summed E-state index contributed by atoms with van der Waals surface area (Å²) in [5.74, 6) is 0.264. The van der Waals surface area contributed by atoms with Gasteiger partial charge in [-0.1, -0.05) is 40.3 Å². The van der Waals surface area contributed by atoms with Gasteiger partial charge in [-0.15, -0.1) is 0 Å². The predicted molar refractivity (Wildman–Crippen MR) is 102 cm³/mol. The largest absolute Gasteiger partial charge is 0.387 e. The summed E-state index contributed by atoms with van der Waals surface area (Å²) in [5.41, 5.74) is 7.01. The van der Waals surface area contributed by atoms with Crippen molar-refractivity contribution in [3.8, 4) is 0 Å². The number of nitrogens with two attached hydrogens (primary N) is 1. The van der Waals surface area contributed by atoms with Crippen molar-refractivity contribution in [3.63, 3.8) is 0 Å². The van der Waals surface area contributed by atoms with E-state index in [2.05, 4.69) is 35.3 Å². The molecule has 0 bridgehead atoms. The van der Waals surface area contributed by atoms with Crippen molar-refractivity contribution in [3.05, 3.63) is 24.4 Å². The molecule has 0 saturated carbocycles. The van der Waals surface area contributed by atoms with Gasteiger partial charge < -0.3 is 15.5 Å². The zero-order chi connectivity index (χ0) is 18.3. The fraction of sp³-hybridized carbons (Fsp3) is 0.667. The SMILES string of the molecule is C=C/C=C(\CC)N(C)CCN(C)CCC(N)=NC(=O)CC.CC. The number of nitrogens with zero attached hydrogens (tertiary/aromatic N) is 3. The molecule has 0 radical (unpaired) electrons. The van der Waals surface area contributed by atoms with E-state index in [1.807, 2.05) is 33.0 Å². The quantitative estimate of drug-likeness (QED) is 0.381. The summed E-state index contributed by atoms with van der Waals surface area (Å²) in [7, 11) is 4.13. The Morgan fingerprint density at radius 2 is 1.74 bits per heavy atom. The van der Waals surface area contributed by atoms with Crippen LogP contribution in [0.3, 0.4) is 0 Å². The Balaban J connectivity index is 0. The van der Waals surface area contributed by atoms with E-state index in [1.165, 1.54) is 5.70 Å². The Kier molecular flexibility index (Phi) is 15.7. The molecule has 0 aliphatic carbocycles. The molecule has 0 atom stereocenters. The molecule has 5 heteroatoms. The first-order valence-corrected chi connectivity index (χ1v) is 8.51. The van der Waals surface area contributed by atoms with Crippen LogP contribution in [0.1, 0.15) is 47.0 Å². The molecule has 5 nitrogen and oxygen atoms in total. The third-order valence-corrected chi connectivity index (χ3v) is 3.30. The third kappa shape index (κ3) is 12.6. The summed E-state index contributed by atoms with van der Waals surface area (Å²) in [6.45, 7) is 14.3. The molecule has 0 unspecified atom stereocenters. The number of carbonyl (C=O) groups excluding carboxylic acids is 1. The minimum atomic E-state index is -0.156. The molecule has 1 amide bonds. The van der Waals surface area contributed by atoms with E-state index in [1.54, 1.807) is 6.92 Å². The summed E-state index contributed by atoms with van der Waals surface area (Å²) in [5, 5.41) is 0. The maximum atomic E-state index is 11.1. The lowest BCUT2D eigenvalue weighted by atomic mass is 10.2. The molecule has 0 aromatic heterocycles. The maximum absolute atomic E-state index is 11.1. The number of carbonyl (C=O) groups is 1. The summed E-state index contributed by atoms with van der Waals surface area (Å²) in [6, 6.07) is 0. The van der Waals surface area contributed by atoms with Crippen molar-refractivity contribution in [2.75, 3.05) is 33.7 Å². The van der Waals surface area contributed by atoms with Gasteiger partial charge in [-0.2, -0.15) is 0 Å². The molecule has 2 N–H and O–H groups in total. The Morgan fingerprint density at radius 1 is 1.13 bits per heavy atom. The molecular weight excluding hydrogens is 288 g/mol. The topological polar surface area (TPSA) is 61.9 Å². The lowest BCUT2D eigenvalue weighted by Crippen LogP contribution is -2.32. The van der Waals surface area contributed by atoms with Gasteiger partial charge >= 0.3 is 0 Å². The second-order valence-electron chi connectivity index (χ2n) is 5.07. The number of amides is 1. The summed E-state index contributed by atoms with van der Waals surface area (Å²) < 4.78 is 0. The average molecular weight is 325 g/mol. The van der Waals surface area contributed by atoms with Gasteiger partial charge in [0.2, 0.25) is 5.91 Å². The zero-order valence-electron chi connectivity index (χ0n) is 15.9. The van der Waals surface area contributed by atoms with Gasteiger partial charge in [0.25, 0.3) is 0 Å². The smallest absolute Gasteiger partial charge is 0.247 e. The number of likely N-dealkylation sites (N-methyl/N-ethyl adjacent to an activating group) is 2. The predicted octanol–water partition coefficient (Wildman–Crippen LogP) is 3.04. The fourth-order valence-electron chi connectivity index (χ4n) is 1.83. The van der Waals surface area contributed by atoms with E-state index < -0.39 is 0 Å². The first-order valence-electron chi connectivity index (χ1n) is 8.51. The van der Waals surface area contributed by atoms with Gasteiger partial charge in [0.15, 0.2) is 0 Å². The highest BCUT2D eigenvalue weighted by atomic mass is 16.1. The van der Waals surface area contributed by atoms with Gasteiger partial charge in [0, 0.05) is 45.2 Å². The van der Waals surface area contributed by atoms with Crippen LogP contribution >= 0.6 is 0 Å². The lowest BCUT2D eigenvalue weighted by Gasteiger charge is -2.25. The van der Waals surface area contributed by atoms with Crippen molar-refractivity contribution >= 4 is 11.7 Å². The van der Waals surface area contributed by atoms with Gasteiger partial charge in [-0.25, -0.2) is 4.99 Å². The molecule has 0 heterocycles. The van der Waals surface area contributed by atoms with E-state index >= 15 is 0 Å². The van der Waals surface area contributed by atoms with Crippen LogP contribution in [-0.4, -0.2) is 55.3 Å². The van der Waals surface area contributed by atoms with Crippen LogP contribution in [0, 0.1) is 0 Å². The molecule has 0 fully saturated rings. The van der Waals surface area contributed by atoms with E-state index in [9.17, 15) is 4.79 Å². The van der Waals surface area contributed by atoms with Crippen molar-refractivity contribution in [1.29, 1.82) is 0 Å². The summed E-state index contributed by atoms with van der Waals surface area (Å²) in [6.07, 6.45) is 5.87. The maximum Gasteiger partial charge on any atom is 0.247 e. The Hall–Kier alpha value is -1.62. The van der Waals surface area contributed by atoms with E-state index in [0.717, 1.165) is 26.1 Å². The number of hydrogen-bond donors (Lipinski definition) is 1. The first kappa shape index (κ1) is 23.6. The van der Waals surface area contributed by atoms with Gasteiger partial charge in [0.05, 0.1) is 0 Å². The van der Waals surface area contributed by atoms with E-state index in [4.69, 9.17) is 5.73 Å². The number of amidine groups is 1. The molecule has 0 spiro atoms. The van der Waals surface area contributed by atoms with E-state index in [-0.39, 0.29) is 5.91 Å². The zero-order valence-corrected chi connectivity index (χ0v) is 15.9. The van der Waals surface area contributed by atoms with Crippen LogP contribution in [0.4, 0.5) is 0 Å². The highest BCUT2D eigenvalue weighted by Gasteiger charge is 2.05. The third-order valence-electron chi connectivity index (χ3n) is 3.30. The molecule has 0 aromatic rings. The monoisotopic (exact) mass is 324 g/mol. The highest BCUT2D eigenvalue weighted by molar-refractivity contribution is 5.93. The summed E-state index contributed by atoms with van der Waals surface area (Å²) in [4.78, 5) is 19.4. The van der Waals surface area contributed by atoms with Gasteiger partial charge in [-0.05, 0) is 19.5 Å².